The Morgan fingerprint density at radius 2 is 1.79 bits per heavy atom. The maximum atomic E-state index is 12.2. The van der Waals surface area contributed by atoms with E-state index in [-0.39, 0.29) is 12.3 Å². The van der Waals surface area contributed by atoms with Crippen molar-refractivity contribution in [2.75, 3.05) is 12.4 Å². The van der Waals surface area contributed by atoms with E-state index in [1.54, 1.807) is 26.2 Å². The molecule has 6 nitrogen and oxygen atoms in total. The number of benzene rings is 2. The highest BCUT2D eigenvalue weighted by molar-refractivity contribution is 7.13. The van der Waals surface area contributed by atoms with Crippen molar-refractivity contribution in [3.05, 3.63) is 65.2 Å². The summed E-state index contributed by atoms with van der Waals surface area (Å²) in [5, 5.41) is 5.36. The van der Waals surface area contributed by atoms with E-state index < -0.39 is 12.1 Å². The van der Waals surface area contributed by atoms with E-state index in [0.717, 1.165) is 21.9 Å². The Kier molecular flexibility index (Phi) is 6.61. The fourth-order valence-electron chi connectivity index (χ4n) is 2.58. The van der Waals surface area contributed by atoms with Crippen molar-refractivity contribution in [3.8, 4) is 16.3 Å². The summed E-state index contributed by atoms with van der Waals surface area (Å²) in [6, 6.07) is 15.0. The van der Waals surface area contributed by atoms with Crippen molar-refractivity contribution in [3.63, 3.8) is 0 Å². The molecule has 0 saturated heterocycles. The van der Waals surface area contributed by atoms with E-state index in [2.05, 4.69) is 10.3 Å². The number of hydrogen-bond donors (Lipinski definition) is 1. The van der Waals surface area contributed by atoms with Crippen LogP contribution in [0.15, 0.2) is 53.9 Å². The van der Waals surface area contributed by atoms with Gasteiger partial charge in [0.2, 0.25) is 0 Å². The van der Waals surface area contributed by atoms with Gasteiger partial charge in [0.25, 0.3) is 5.91 Å². The lowest BCUT2D eigenvalue weighted by Gasteiger charge is -2.13. The summed E-state index contributed by atoms with van der Waals surface area (Å²) in [6.07, 6.45) is -0.891. The first-order valence-corrected chi connectivity index (χ1v) is 9.98. The van der Waals surface area contributed by atoms with Gasteiger partial charge in [0.1, 0.15) is 10.8 Å². The van der Waals surface area contributed by atoms with Crippen molar-refractivity contribution < 1.29 is 19.1 Å². The number of thiazole rings is 1. The first-order valence-electron chi connectivity index (χ1n) is 9.10. The molecule has 0 spiro atoms. The van der Waals surface area contributed by atoms with Crippen LogP contribution in [-0.2, 0) is 20.7 Å². The molecular formula is C22H22N2O4S. The molecule has 0 aliphatic carbocycles. The highest BCUT2D eigenvalue weighted by Crippen LogP contribution is 2.26. The number of amides is 1. The van der Waals surface area contributed by atoms with Crippen LogP contribution in [0.5, 0.6) is 5.75 Å². The van der Waals surface area contributed by atoms with Crippen molar-refractivity contribution in [2.45, 2.75) is 26.4 Å². The molecule has 0 saturated carbocycles. The molecule has 0 aliphatic heterocycles. The first kappa shape index (κ1) is 20.5. The third-order valence-electron chi connectivity index (χ3n) is 4.21. The smallest absolute Gasteiger partial charge is 0.312 e. The predicted octanol–water partition coefficient (Wildman–Crippen LogP) is 4.24. The minimum absolute atomic E-state index is 0.00874. The van der Waals surface area contributed by atoms with Gasteiger partial charge in [0.05, 0.1) is 19.2 Å². The summed E-state index contributed by atoms with van der Waals surface area (Å²) in [6.45, 7) is 3.51. The largest absolute Gasteiger partial charge is 0.497 e. The number of nitrogens with one attached hydrogen (secondary N) is 1. The zero-order chi connectivity index (χ0) is 20.8. The number of methoxy groups -OCH3 is 1. The van der Waals surface area contributed by atoms with E-state index in [4.69, 9.17) is 9.47 Å². The van der Waals surface area contributed by atoms with Gasteiger partial charge in [0.15, 0.2) is 6.10 Å². The van der Waals surface area contributed by atoms with Crippen LogP contribution in [0.2, 0.25) is 0 Å². The summed E-state index contributed by atoms with van der Waals surface area (Å²) in [5.41, 5.74) is 3.31. The lowest BCUT2D eigenvalue weighted by Crippen LogP contribution is -2.30. The van der Waals surface area contributed by atoms with Crippen LogP contribution in [0.25, 0.3) is 10.6 Å². The highest BCUT2D eigenvalue weighted by atomic mass is 32.1. The topological polar surface area (TPSA) is 77.5 Å². The molecule has 3 rings (SSSR count). The number of esters is 1. The second kappa shape index (κ2) is 9.34. The van der Waals surface area contributed by atoms with Crippen LogP contribution < -0.4 is 10.1 Å². The Balaban J connectivity index is 1.54. The summed E-state index contributed by atoms with van der Waals surface area (Å²) in [4.78, 5) is 28.9. The fraction of sp³-hybridized carbons (Fsp3) is 0.227. The zero-order valence-electron chi connectivity index (χ0n) is 16.5. The number of ether oxygens (including phenoxy) is 2. The maximum Gasteiger partial charge on any atom is 0.312 e. The van der Waals surface area contributed by atoms with Gasteiger partial charge in [-0.2, -0.15) is 0 Å². The second-order valence-electron chi connectivity index (χ2n) is 6.54. The van der Waals surface area contributed by atoms with E-state index in [1.807, 2.05) is 48.7 Å². The molecule has 1 N–H and O–H groups in total. The molecule has 1 atom stereocenters. The number of anilines is 1. The van der Waals surface area contributed by atoms with E-state index in [9.17, 15) is 9.59 Å². The molecule has 0 aliphatic rings. The summed E-state index contributed by atoms with van der Waals surface area (Å²) >= 11 is 1.45. The van der Waals surface area contributed by atoms with Gasteiger partial charge in [0, 0.05) is 16.6 Å². The Hall–Kier alpha value is -3.19. The van der Waals surface area contributed by atoms with Crippen LogP contribution in [0.3, 0.4) is 0 Å². The summed E-state index contributed by atoms with van der Waals surface area (Å²) in [7, 11) is 1.62. The normalized spacial score (nSPS) is 11.6. The van der Waals surface area contributed by atoms with Gasteiger partial charge < -0.3 is 14.8 Å². The highest BCUT2D eigenvalue weighted by Gasteiger charge is 2.19. The predicted molar refractivity (Wildman–Crippen MR) is 113 cm³/mol. The van der Waals surface area contributed by atoms with E-state index in [1.165, 1.54) is 11.3 Å². The zero-order valence-corrected chi connectivity index (χ0v) is 17.3. The monoisotopic (exact) mass is 410 g/mol. The summed E-state index contributed by atoms with van der Waals surface area (Å²) in [5.74, 6) is -0.102. The SMILES string of the molecule is COc1ccc(-c2nc(CC(=O)O[C@H](C)C(=O)Nc3ccc(C)cc3)cs2)cc1. The first-order chi connectivity index (χ1) is 13.9. The van der Waals surface area contributed by atoms with Crippen LogP contribution in [0, 0.1) is 6.92 Å². The number of nitrogens with zero attached hydrogens (tertiary/aromatic N) is 1. The Morgan fingerprint density at radius 1 is 1.10 bits per heavy atom. The molecule has 3 aromatic rings. The fourth-order valence-corrected chi connectivity index (χ4v) is 3.40. The minimum Gasteiger partial charge on any atom is -0.497 e. The van der Waals surface area contributed by atoms with E-state index in [0.29, 0.717) is 11.4 Å². The van der Waals surface area contributed by atoms with Gasteiger partial charge in [-0.1, -0.05) is 17.7 Å². The maximum absolute atomic E-state index is 12.2. The number of hydrogen-bond acceptors (Lipinski definition) is 6. The molecule has 7 heteroatoms. The molecular weight excluding hydrogens is 388 g/mol. The number of carbonyl (C=O) groups excluding carboxylic acids is 2. The molecule has 0 radical (unpaired) electrons. The van der Waals surface area contributed by atoms with Gasteiger partial charge in [-0.15, -0.1) is 11.3 Å². The van der Waals surface area contributed by atoms with Crippen molar-refractivity contribution in [1.29, 1.82) is 0 Å². The van der Waals surface area contributed by atoms with Crippen LogP contribution in [0.1, 0.15) is 18.2 Å². The van der Waals surface area contributed by atoms with Gasteiger partial charge in [-0.05, 0) is 50.2 Å². The molecule has 0 unspecified atom stereocenters. The number of carbonyl (C=O) groups is 2. The average molecular weight is 410 g/mol. The number of aryl methyl sites for hydroxylation is 1. The van der Waals surface area contributed by atoms with Crippen LogP contribution in [0.4, 0.5) is 5.69 Å². The number of aromatic nitrogens is 1. The Bertz CT molecular complexity index is 981. The Labute approximate surface area is 173 Å². The third kappa shape index (κ3) is 5.65. The second-order valence-corrected chi connectivity index (χ2v) is 7.39. The quantitative estimate of drug-likeness (QED) is 0.590. The minimum atomic E-state index is -0.900. The van der Waals surface area contributed by atoms with E-state index >= 15 is 0 Å². The van der Waals surface area contributed by atoms with Crippen molar-refractivity contribution in [1.82, 2.24) is 4.98 Å². The molecule has 1 heterocycles. The molecule has 0 fully saturated rings. The molecule has 150 valence electrons. The molecule has 0 bridgehead atoms. The van der Waals surface area contributed by atoms with Crippen molar-refractivity contribution in [2.24, 2.45) is 0 Å². The molecule has 2 aromatic carbocycles. The van der Waals surface area contributed by atoms with Crippen LogP contribution >= 0.6 is 11.3 Å². The standard InChI is InChI=1S/C22H22N2O4S/c1-14-4-8-17(9-5-14)23-21(26)15(2)28-20(25)12-18-13-29-22(24-18)16-6-10-19(27-3)11-7-16/h4-11,13,15H,12H2,1-3H3,(H,23,26)/t15-/m1/s1. The lowest BCUT2D eigenvalue weighted by molar-refractivity contribution is -0.152. The van der Waals surface area contributed by atoms with Gasteiger partial charge in [-0.25, -0.2) is 4.98 Å². The lowest BCUT2D eigenvalue weighted by atomic mass is 10.2. The average Bonchev–Trinajstić information content (AvgIpc) is 3.18. The Morgan fingerprint density at radius 3 is 2.45 bits per heavy atom. The molecule has 1 amide bonds. The summed E-state index contributed by atoms with van der Waals surface area (Å²) < 4.78 is 10.4. The van der Waals surface area contributed by atoms with Gasteiger partial charge >= 0.3 is 5.97 Å². The van der Waals surface area contributed by atoms with Crippen LogP contribution in [-0.4, -0.2) is 30.1 Å². The molecule has 1 aromatic heterocycles. The third-order valence-corrected chi connectivity index (χ3v) is 5.15. The van der Waals surface area contributed by atoms with Gasteiger partial charge in [-0.3, -0.25) is 9.59 Å². The van der Waals surface area contributed by atoms with Crippen molar-refractivity contribution >= 4 is 28.9 Å². The molecule has 29 heavy (non-hydrogen) atoms. The number of rotatable bonds is 7.